The number of hydrogen-bond acceptors (Lipinski definition) is 1. The van der Waals surface area contributed by atoms with Crippen molar-refractivity contribution in [2.75, 3.05) is 0 Å². The van der Waals surface area contributed by atoms with Crippen molar-refractivity contribution in [3.63, 3.8) is 0 Å². The van der Waals surface area contributed by atoms with Crippen molar-refractivity contribution < 1.29 is 0 Å². The maximum Gasteiger partial charge on any atom is 0.00542 e. The minimum absolute atomic E-state index is 0.640. The molecule has 1 heteroatoms. The second-order valence-electron chi connectivity index (χ2n) is 7.43. The van der Waals surface area contributed by atoms with Crippen LogP contribution in [0.3, 0.4) is 0 Å². The predicted octanol–water partition coefficient (Wildman–Crippen LogP) is 5.02. The maximum absolute atomic E-state index is 4.72. The molecule has 0 aromatic rings. The molecule has 0 N–H and O–H groups in total. The number of rotatable bonds is 0. The van der Waals surface area contributed by atoms with E-state index in [9.17, 15) is 0 Å². The van der Waals surface area contributed by atoms with Gasteiger partial charge in [-0.25, -0.2) is 0 Å². The van der Waals surface area contributed by atoms with Gasteiger partial charge in [-0.3, -0.25) is 0 Å². The van der Waals surface area contributed by atoms with Crippen LogP contribution in [0.5, 0.6) is 0 Å². The third kappa shape index (κ3) is 1.95. The first-order valence-electron chi connectivity index (χ1n) is 8.28. The van der Waals surface area contributed by atoms with E-state index >= 15 is 0 Å². The van der Waals surface area contributed by atoms with Crippen LogP contribution in [-0.4, -0.2) is 5.25 Å². The molecule has 19 heavy (non-hydrogen) atoms. The summed E-state index contributed by atoms with van der Waals surface area (Å²) in [7, 11) is 0. The van der Waals surface area contributed by atoms with Crippen LogP contribution in [0, 0.1) is 29.6 Å². The molecule has 0 bridgehead atoms. The Morgan fingerprint density at radius 2 is 1.74 bits per heavy atom. The van der Waals surface area contributed by atoms with E-state index in [0.717, 1.165) is 29.6 Å². The van der Waals surface area contributed by atoms with E-state index < -0.39 is 0 Å². The molecule has 0 aromatic heterocycles. The fourth-order valence-electron chi connectivity index (χ4n) is 5.82. The van der Waals surface area contributed by atoms with Gasteiger partial charge >= 0.3 is 0 Å². The van der Waals surface area contributed by atoms with Crippen LogP contribution in [0.15, 0.2) is 23.8 Å². The molecule has 0 radical (unpaired) electrons. The molecule has 0 heterocycles. The fourth-order valence-corrected chi connectivity index (χ4v) is 6.18. The van der Waals surface area contributed by atoms with Crippen LogP contribution in [0.1, 0.15) is 51.4 Å². The maximum atomic E-state index is 4.72. The third-order valence-corrected chi connectivity index (χ3v) is 7.12. The van der Waals surface area contributed by atoms with E-state index in [1.807, 2.05) is 0 Å². The van der Waals surface area contributed by atoms with Crippen molar-refractivity contribution in [2.45, 2.75) is 56.6 Å². The standard InChI is InChI=1S/C18H26S/c1-11-2-5-16-14(11)8-9-17-15-7-4-13(19)10-12(15)3-6-18(16)17/h3,13-19H,1-2,4-10H2. The Bertz CT molecular complexity index is 421. The van der Waals surface area contributed by atoms with Crippen LogP contribution in [-0.2, 0) is 0 Å². The van der Waals surface area contributed by atoms with Crippen LogP contribution in [0.4, 0.5) is 0 Å². The highest BCUT2D eigenvalue weighted by molar-refractivity contribution is 7.80. The van der Waals surface area contributed by atoms with Crippen molar-refractivity contribution in [3.05, 3.63) is 23.8 Å². The summed E-state index contributed by atoms with van der Waals surface area (Å²) in [6.07, 6.45) is 13.7. The minimum Gasteiger partial charge on any atom is -0.176 e. The van der Waals surface area contributed by atoms with Gasteiger partial charge < -0.3 is 0 Å². The molecule has 0 spiro atoms. The second kappa shape index (κ2) is 4.69. The molecule has 0 nitrogen and oxygen atoms in total. The third-order valence-electron chi connectivity index (χ3n) is 6.68. The summed E-state index contributed by atoms with van der Waals surface area (Å²) in [5.41, 5.74) is 3.36. The van der Waals surface area contributed by atoms with Gasteiger partial charge in [-0.15, -0.1) is 0 Å². The zero-order valence-electron chi connectivity index (χ0n) is 11.9. The molecule has 104 valence electrons. The lowest BCUT2D eigenvalue weighted by Gasteiger charge is -2.49. The lowest BCUT2D eigenvalue weighted by Crippen LogP contribution is -2.40. The van der Waals surface area contributed by atoms with Gasteiger partial charge in [0, 0.05) is 5.25 Å². The molecule has 4 aliphatic carbocycles. The molecular weight excluding hydrogens is 248 g/mol. The molecule has 6 atom stereocenters. The summed E-state index contributed by atoms with van der Waals surface area (Å²) in [4.78, 5) is 0. The van der Waals surface area contributed by atoms with Gasteiger partial charge in [0.2, 0.25) is 0 Å². The summed E-state index contributed by atoms with van der Waals surface area (Å²) < 4.78 is 0. The predicted molar refractivity (Wildman–Crippen MR) is 84.4 cm³/mol. The van der Waals surface area contributed by atoms with Crippen molar-refractivity contribution in [1.82, 2.24) is 0 Å². The Kier molecular flexibility index (Phi) is 3.10. The van der Waals surface area contributed by atoms with Gasteiger partial charge in [0.15, 0.2) is 0 Å². The molecule has 0 amide bonds. The lowest BCUT2D eigenvalue weighted by atomic mass is 9.57. The van der Waals surface area contributed by atoms with Crippen molar-refractivity contribution in [2.24, 2.45) is 29.6 Å². The fraction of sp³-hybridized carbons (Fsp3) is 0.778. The largest absolute Gasteiger partial charge is 0.176 e. The number of allylic oxidation sites excluding steroid dienone is 3. The normalized spacial score (nSPS) is 49.1. The zero-order chi connectivity index (χ0) is 13.0. The van der Waals surface area contributed by atoms with E-state index in [0.29, 0.717) is 5.25 Å². The van der Waals surface area contributed by atoms with Crippen LogP contribution >= 0.6 is 12.6 Å². The summed E-state index contributed by atoms with van der Waals surface area (Å²) in [6.45, 7) is 4.34. The molecule has 0 aliphatic heterocycles. The van der Waals surface area contributed by atoms with E-state index in [-0.39, 0.29) is 0 Å². The number of thiol groups is 1. The van der Waals surface area contributed by atoms with Crippen LogP contribution < -0.4 is 0 Å². The molecule has 4 aliphatic rings. The molecule has 3 fully saturated rings. The summed E-state index contributed by atoms with van der Waals surface area (Å²) in [5, 5.41) is 0.640. The Morgan fingerprint density at radius 1 is 0.947 bits per heavy atom. The topological polar surface area (TPSA) is 0 Å². The Balaban J connectivity index is 1.60. The van der Waals surface area contributed by atoms with Crippen LogP contribution in [0.25, 0.3) is 0 Å². The minimum atomic E-state index is 0.640. The number of hydrogen-bond donors (Lipinski definition) is 1. The highest BCUT2D eigenvalue weighted by atomic mass is 32.1. The lowest BCUT2D eigenvalue weighted by molar-refractivity contribution is 0.0723. The monoisotopic (exact) mass is 274 g/mol. The van der Waals surface area contributed by atoms with Gasteiger partial charge in [-0.1, -0.05) is 23.8 Å². The summed E-state index contributed by atoms with van der Waals surface area (Å²) in [5.74, 6) is 4.79. The second-order valence-corrected chi connectivity index (χ2v) is 8.16. The Labute approximate surface area is 123 Å². The van der Waals surface area contributed by atoms with E-state index in [1.165, 1.54) is 51.4 Å². The van der Waals surface area contributed by atoms with Gasteiger partial charge in [-0.2, -0.15) is 12.6 Å². The van der Waals surface area contributed by atoms with Gasteiger partial charge in [0.05, 0.1) is 0 Å². The smallest absolute Gasteiger partial charge is 0.00542 e. The molecule has 4 rings (SSSR count). The first kappa shape index (κ1) is 12.6. The average molecular weight is 274 g/mol. The molecule has 0 saturated heterocycles. The zero-order valence-corrected chi connectivity index (χ0v) is 12.7. The van der Waals surface area contributed by atoms with Crippen LogP contribution in [0.2, 0.25) is 0 Å². The van der Waals surface area contributed by atoms with Crippen molar-refractivity contribution in [3.8, 4) is 0 Å². The Morgan fingerprint density at radius 3 is 2.63 bits per heavy atom. The summed E-state index contributed by atoms with van der Waals surface area (Å²) in [6, 6.07) is 0. The SMILES string of the molecule is C=C1CCC2C1CCC1C3CCC(S)CC3=CCC21. The highest BCUT2D eigenvalue weighted by Crippen LogP contribution is 2.57. The van der Waals surface area contributed by atoms with Gasteiger partial charge in [0.25, 0.3) is 0 Å². The first-order chi connectivity index (χ1) is 9.24. The summed E-state index contributed by atoms with van der Waals surface area (Å²) >= 11 is 4.72. The molecular formula is C18H26S. The van der Waals surface area contributed by atoms with Gasteiger partial charge in [-0.05, 0) is 81.0 Å². The molecule has 3 saturated carbocycles. The van der Waals surface area contributed by atoms with Gasteiger partial charge in [0.1, 0.15) is 0 Å². The van der Waals surface area contributed by atoms with Crippen molar-refractivity contribution >= 4 is 12.6 Å². The molecule has 0 aromatic carbocycles. The molecule has 6 unspecified atom stereocenters. The highest BCUT2D eigenvalue weighted by Gasteiger charge is 2.47. The first-order valence-corrected chi connectivity index (χ1v) is 8.80. The average Bonchev–Trinajstić information content (AvgIpc) is 2.80. The van der Waals surface area contributed by atoms with E-state index in [1.54, 1.807) is 11.1 Å². The van der Waals surface area contributed by atoms with Crippen molar-refractivity contribution in [1.29, 1.82) is 0 Å². The Hall–Kier alpha value is -0.170. The van der Waals surface area contributed by atoms with E-state index in [4.69, 9.17) is 12.6 Å². The van der Waals surface area contributed by atoms with E-state index in [2.05, 4.69) is 12.7 Å². The quantitative estimate of drug-likeness (QED) is 0.465. The number of fused-ring (bicyclic) bond motifs is 5.